The minimum Gasteiger partial charge on any atom is -0.494 e. The fraction of sp³-hybridized carbons (Fsp3) is 0.438. The Morgan fingerprint density at radius 2 is 1.95 bits per heavy atom. The molecule has 2 rings (SSSR count). The van der Waals surface area contributed by atoms with E-state index in [4.69, 9.17) is 9.72 Å². The summed E-state index contributed by atoms with van der Waals surface area (Å²) in [5, 5.41) is 6.73. The van der Waals surface area contributed by atoms with E-state index in [2.05, 4.69) is 29.8 Å². The molecule has 0 bridgehead atoms. The van der Waals surface area contributed by atoms with E-state index < -0.39 is 0 Å². The van der Waals surface area contributed by atoms with Crippen molar-refractivity contribution in [3.8, 4) is 17.0 Å². The summed E-state index contributed by atoms with van der Waals surface area (Å²) in [6.07, 6.45) is 2.18. The SMILES string of the molecule is CCCNCCc1nc(-c2ccc(OCC)cc2)cs1. The van der Waals surface area contributed by atoms with E-state index in [0.29, 0.717) is 6.61 Å². The van der Waals surface area contributed by atoms with Crippen LogP contribution in [0, 0.1) is 0 Å². The average Bonchev–Trinajstić information content (AvgIpc) is 2.94. The van der Waals surface area contributed by atoms with Gasteiger partial charge in [-0.05, 0) is 44.2 Å². The molecule has 1 aromatic heterocycles. The lowest BCUT2D eigenvalue weighted by Crippen LogP contribution is -2.17. The number of benzene rings is 1. The first-order valence-electron chi connectivity index (χ1n) is 7.21. The second-order valence-corrected chi connectivity index (χ2v) is 5.53. The number of hydrogen-bond acceptors (Lipinski definition) is 4. The Kier molecular flexibility index (Phi) is 6.02. The van der Waals surface area contributed by atoms with Gasteiger partial charge in [-0.15, -0.1) is 11.3 Å². The van der Waals surface area contributed by atoms with Gasteiger partial charge < -0.3 is 10.1 Å². The van der Waals surface area contributed by atoms with Crippen LogP contribution < -0.4 is 10.1 Å². The van der Waals surface area contributed by atoms with Gasteiger partial charge in [0.15, 0.2) is 0 Å². The molecule has 20 heavy (non-hydrogen) atoms. The molecular formula is C16H22N2OS. The maximum absolute atomic E-state index is 5.45. The van der Waals surface area contributed by atoms with Crippen LogP contribution in [0.2, 0.25) is 0 Å². The van der Waals surface area contributed by atoms with Crippen molar-refractivity contribution in [2.75, 3.05) is 19.7 Å². The summed E-state index contributed by atoms with van der Waals surface area (Å²) in [5.74, 6) is 0.912. The molecule has 0 unspecified atom stereocenters. The predicted octanol–water partition coefficient (Wildman–Crippen LogP) is 3.75. The molecule has 2 aromatic rings. The zero-order chi connectivity index (χ0) is 14.2. The zero-order valence-corrected chi connectivity index (χ0v) is 13.0. The minimum atomic E-state index is 0.699. The van der Waals surface area contributed by atoms with Gasteiger partial charge in [0.25, 0.3) is 0 Å². The number of nitrogens with one attached hydrogen (secondary N) is 1. The Morgan fingerprint density at radius 3 is 2.65 bits per heavy atom. The summed E-state index contributed by atoms with van der Waals surface area (Å²) >= 11 is 1.73. The van der Waals surface area contributed by atoms with Crippen LogP contribution in [0.4, 0.5) is 0 Å². The molecule has 0 fully saturated rings. The van der Waals surface area contributed by atoms with Crippen LogP contribution in [-0.2, 0) is 6.42 Å². The van der Waals surface area contributed by atoms with Gasteiger partial charge in [0.05, 0.1) is 17.3 Å². The summed E-state index contributed by atoms with van der Waals surface area (Å²) in [6.45, 7) is 6.96. The molecule has 0 spiro atoms. The van der Waals surface area contributed by atoms with Gasteiger partial charge in [0.1, 0.15) is 5.75 Å². The molecule has 4 heteroatoms. The second-order valence-electron chi connectivity index (χ2n) is 4.58. The van der Waals surface area contributed by atoms with Gasteiger partial charge >= 0.3 is 0 Å². The monoisotopic (exact) mass is 290 g/mol. The summed E-state index contributed by atoms with van der Waals surface area (Å²) in [4.78, 5) is 4.69. The van der Waals surface area contributed by atoms with Gasteiger partial charge in [0, 0.05) is 23.9 Å². The third-order valence-electron chi connectivity index (χ3n) is 2.96. The first-order chi connectivity index (χ1) is 9.83. The fourth-order valence-corrected chi connectivity index (χ4v) is 2.75. The molecule has 0 saturated carbocycles. The van der Waals surface area contributed by atoms with E-state index in [-0.39, 0.29) is 0 Å². The van der Waals surface area contributed by atoms with Gasteiger partial charge in [0.2, 0.25) is 0 Å². The number of nitrogens with zero attached hydrogens (tertiary/aromatic N) is 1. The van der Waals surface area contributed by atoms with Crippen molar-refractivity contribution in [2.24, 2.45) is 0 Å². The summed E-state index contributed by atoms with van der Waals surface area (Å²) in [7, 11) is 0. The Balaban J connectivity index is 1.93. The van der Waals surface area contributed by atoms with Crippen molar-refractivity contribution in [2.45, 2.75) is 26.7 Å². The van der Waals surface area contributed by atoms with E-state index in [1.807, 2.05) is 19.1 Å². The highest BCUT2D eigenvalue weighted by Gasteiger charge is 2.04. The Morgan fingerprint density at radius 1 is 1.15 bits per heavy atom. The van der Waals surface area contributed by atoms with Crippen LogP contribution in [0.1, 0.15) is 25.3 Å². The molecular weight excluding hydrogens is 268 g/mol. The van der Waals surface area contributed by atoms with Crippen molar-refractivity contribution in [1.29, 1.82) is 0 Å². The maximum Gasteiger partial charge on any atom is 0.119 e. The Labute approximate surface area is 125 Å². The van der Waals surface area contributed by atoms with Crippen LogP contribution in [0.15, 0.2) is 29.6 Å². The van der Waals surface area contributed by atoms with E-state index in [1.54, 1.807) is 11.3 Å². The second kappa shape index (κ2) is 8.02. The van der Waals surface area contributed by atoms with Gasteiger partial charge in [-0.25, -0.2) is 4.98 Å². The topological polar surface area (TPSA) is 34.2 Å². The quantitative estimate of drug-likeness (QED) is 0.752. The molecule has 0 aliphatic carbocycles. The molecule has 0 atom stereocenters. The van der Waals surface area contributed by atoms with Crippen LogP contribution in [0.25, 0.3) is 11.3 Å². The number of aromatic nitrogens is 1. The van der Waals surface area contributed by atoms with E-state index in [0.717, 1.165) is 36.5 Å². The molecule has 1 aromatic carbocycles. The number of rotatable bonds is 8. The highest BCUT2D eigenvalue weighted by molar-refractivity contribution is 7.09. The molecule has 0 radical (unpaired) electrons. The molecule has 108 valence electrons. The van der Waals surface area contributed by atoms with Crippen molar-refractivity contribution < 1.29 is 4.74 Å². The van der Waals surface area contributed by atoms with Crippen LogP contribution >= 0.6 is 11.3 Å². The van der Waals surface area contributed by atoms with E-state index >= 15 is 0 Å². The van der Waals surface area contributed by atoms with Gasteiger partial charge in [-0.1, -0.05) is 6.92 Å². The predicted molar refractivity (Wildman–Crippen MR) is 85.6 cm³/mol. The number of thiazole rings is 1. The van der Waals surface area contributed by atoms with Crippen LogP contribution in [0.3, 0.4) is 0 Å². The van der Waals surface area contributed by atoms with Crippen molar-refractivity contribution in [3.63, 3.8) is 0 Å². The fourth-order valence-electron chi connectivity index (χ4n) is 1.94. The minimum absolute atomic E-state index is 0.699. The molecule has 1 heterocycles. The van der Waals surface area contributed by atoms with Crippen molar-refractivity contribution in [3.05, 3.63) is 34.7 Å². The molecule has 0 aliphatic heterocycles. The smallest absolute Gasteiger partial charge is 0.119 e. The number of hydrogen-bond donors (Lipinski definition) is 1. The first kappa shape index (κ1) is 15.0. The van der Waals surface area contributed by atoms with Gasteiger partial charge in [-0.3, -0.25) is 0 Å². The summed E-state index contributed by atoms with van der Waals surface area (Å²) in [6, 6.07) is 8.14. The Bertz CT molecular complexity index is 507. The van der Waals surface area contributed by atoms with Crippen molar-refractivity contribution in [1.82, 2.24) is 10.3 Å². The molecule has 0 saturated heterocycles. The first-order valence-corrected chi connectivity index (χ1v) is 8.09. The largest absolute Gasteiger partial charge is 0.494 e. The lowest BCUT2D eigenvalue weighted by Gasteiger charge is -2.03. The van der Waals surface area contributed by atoms with Crippen LogP contribution in [-0.4, -0.2) is 24.7 Å². The molecule has 1 N–H and O–H groups in total. The van der Waals surface area contributed by atoms with Gasteiger partial charge in [-0.2, -0.15) is 0 Å². The molecule has 3 nitrogen and oxygen atoms in total. The third kappa shape index (κ3) is 4.32. The lowest BCUT2D eigenvalue weighted by atomic mass is 10.2. The number of ether oxygens (including phenoxy) is 1. The summed E-state index contributed by atoms with van der Waals surface area (Å²) < 4.78 is 5.45. The highest BCUT2D eigenvalue weighted by atomic mass is 32.1. The van der Waals surface area contributed by atoms with Crippen molar-refractivity contribution >= 4 is 11.3 Å². The Hall–Kier alpha value is -1.39. The standard InChI is InChI=1S/C16H22N2OS/c1-3-10-17-11-9-16-18-15(12-20-16)13-5-7-14(8-6-13)19-4-2/h5-8,12,17H,3-4,9-11H2,1-2H3. The van der Waals surface area contributed by atoms with E-state index in [9.17, 15) is 0 Å². The maximum atomic E-state index is 5.45. The zero-order valence-electron chi connectivity index (χ0n) is 12.2. The average molecular weight is 290 g/mol. The third-order valence-corrected chi connectivity index (χ3v) is 3.86. The molecule has 0 amide bonds. The lowest BCUT2D eigenvalue weighted by molar-refractivity contribution is 0.340. The molecule has 0 aliphatic rings. The van der Waals surface area contributed by atoms with E-state index in [1.165, 1.54) is 11.4 Å². The normalized spacial score (nSPS) is 10.7. The van der Waals surface area contributed by atoms with Crippen LogP contribution in [0.5, 0.6) is 5.75 Å². The summed E-state index contributed by atoms with van der Waals surface area (Å²) in [5.41, 5.74) is 2.21. The highest BCUT2D eigenvalue weighted by Crippen LogP contribution is 2.24.